The molecule has 6 N–H and O–H groups in total. The number of hydroxylamine groups is 1. The third-order valence-corrected chi connectivity index (χ3v) is 25.4. The number of ether oxygens (including phenoxy) is 5. The van der Waals surface area contributed by atoms with Crippen molar-refractivity contribution in [3.63, 3.8) is 0 Å². The van der Waals surface area contributed by atoms with Crippen LogP contribution in [-0.4, -0.2) is 143 Å². The second-order valence-electron chi connectivity index (χ2n) is 36.4. The predicted molar refractivity (Wildman–Crippen MR) is 511 cm³/mol. The number of amides is 3. The first kappa shape index (κ1) is 121. The van der Waals surface area contributed by atoms with Gasteiger partial charge in [0.05, 0.1) is 25.9 Å². The van der Waals surface area contributed by atoms with E-state index >= 15 is 0 Å². The molecule has 3 amide bonds. The van der Waals surface area contributed by atoms with Gasteiger partial charge in [0.25, 0.3) is 0 Å². The van der Waals surface area contributed by atoms with Crippen LogP contribution in [0.1, 0.15) is 532 Å². The van der Waals surface area contributed by atoms with Crippen LogP contribution in [-0.2, 0) is 66.4 Å². The van der Waals surface area contributed by atoms with Gasteiger partial charge in [-0.2, -0.15) is 0 Å². The minimum absolute atomic E-state index is 0.0346. The largest absolute Gasteiger partial charge is 0.470 e. The zero-order valence-corrected chi connectivity index (χ0v) is 83.0. The summed E-state index contributed by atoms with van der Waals surface area (Å²) in [6.07, 6.45) is 61.5. The van der Waals surface area contributed by atoms with E-state index in [-0.39, 0.29) is 56.6 Å². The van der Waals surface area contributed by atoms with Crippen molar-refractivity contribution in [3.05, 3.63) is 0 Å². The van der Waals surface area contributed by atoms with Crippen LogP contribution in [0.15, 0.2) is 0 Å². The molecule has 1 aliphatic rings. The zero-order valence-electron chi connectivity index (χ0n) is 82.1. The molecule has 0 aromatic heterocycles. The summed E-state index contributed by atoms with van der Waals surface area (Å²) in [6.45, 7) is 24.5. The first-order chi connectivity index (χ1) is 60.3. The average Bonchev–Trinajstić information content (AvgIpc) is 0.782. The third-order valence-electron chi connectivity index (χ3n) is 24.9. The van der Waals surface area contributed by atoms with E-state index in [1.807, 2.05) is 6.92 Å². The summed E-state index contributed by atoms with van der Waals surface area (Å²) in [4.78, 5) is 114. The summed E-state index contributed by atoms with van der Waals surface area (Å²) >= 11 is 0. The minimum atomic E-state index is -5.44. The molecule has 1 saturated heterocycles. The van der Waals surface area contributed by atoms with Crippen molar-refractivity contribution >= 4 is 43.5 Å². The highest BCUT2D eigenvalue weighted by atomic mass is 31.2. The lowest BCUT2D eigenvalue weighted by Crippen LogP contribution is -2.67. The minimum Gasteiger partial charge on any atom is -0.462 e. The second-order valence-corrected chi connectivity index (χ2v) is 37.6. The number of aliphatic hydroxyl groups is 1. The van der Waals surface area contributed by atoms with Crippen molar-refractivity contribution < 1.29 is 81.3 Å². The number of nitrogens with zero attached hydrogens (tertiary/aromatic N) is 1. The van der Waals surface area contributed by atoms with Crippen molar-refractivity contribution in [3.8, 4) is 0 Å². The second kappa shape index (κ2) is 89.0. The number of esters is 3. The Morgan fingerprint density at radius 3 is 0.911 bits per heavy atom. The average molecular weight is 1780 g/mol. The van der Waals surface area contributed by atoms with Gasteiger partial charge in [0.15, 0.2) is 6.29 Å². The molecule has 734 valence electrons. The van der Waals surface area contributed by atoms with E-state index in [2.05, 4.69) is 83.3 Å². The van der Waals surface area contributed by atoms with Gasteiger partial charge in [-0.25, -0.2) is 10.0 Å². The highest BCUT2D eigenvalue weighted by Crippen LogP contribution is 2.42. The molecule has 124 heavy (non-hydrogen) atoms. The maximum Gasteiger partial charge on any atom is 0.470 e. The third kappa shape index (κ3) is 75.4. The highest BCUT2D eigenvalue weighted by Gasteiger charge is 2.52. The summed E-state index contributed by atoms with van der Waals surface area (Å²) in [5, 5.41) is 17.2. The maximum atomic E-state index is 14.9. The fourth-order valence-electron chi connectivity index (χ4n) is 16.9. The molecule has 1 fully saturated rings. The van der Waals surface area contributed by atoms with E-state index in [4.69, 9.17) is 33.0 Å². The molecular formula is C102H199N4O17P. The molecule has 9 atom stereocenters. The first-order valence-corrected chi connectivity index (χ1v) is 54.3. The lowest BCUT2D eigenvalue weighted by molar-refractivity contribution is -0.281. The summed E-state index contributed by atoms with van der Waals surface area (Å²) in [5.41, 5.74) is 2.48. The SMILES string of the molecule is CCCCCCCCCCCCCC(=O)O[C@H](CCCCCCCCCCC)CC(=O)NO[C@@H]1[C@H](NC(=O)C[C@@H](CCCCCCCCCCC)OC(=O)CCCCCCCCCCCCC)[C@@H](OCCCC(CC)NC(=O)C[C@@H](CCCCCCCCCCC)OC(=O)CCCCCCCCCCCCC)O[C@H](CO)[C@H]1OP(=O)(O)O.CCN(CC)CC. The Bertz CT molecular complexity index is 2450. The van der Waals surface area contributed by atoms with E-state index in [0.717, 1.165) is 135 Å². The van der Waals surface area contributed by atoms with E-state index in [1.165, 1.54) is 244 Å². The normalized spacial score (nSPS) is 16.3. The molecule has 1 unspecified atom stereocenters. The number of carbonyl (C=O) groups excluding carboxylic acids is 6. The van der Waals surface area contributed by atoms with Crippen LogP contribution in [0.4, 0.5) is 0 Å². The number of hydrogen-bond acceptors (Lipinski definition) is 16. The van der Waals surface area contributed by atoms with Crippen LogP contribution in [0, 0.1) is 0 Å². The molecule has 0 aromatic carbocycles. The Balaban J connectivity index is 0.0000206. The molecule has 22 heteroatoms. The predicted octanol–water partition coefficient (Wildman–Crippen LogP) is 26.9. The van der Waals surface area contributed by atoms with Gasteiger partial charge in [-0.05, 0) is 96.7 Å². The molecule has 0 saturated carbocycles. The molecule has 21 nitrogen and oxygen atoms in total. The Labute approximate surface area is 761 Å². The van der Waals surface area contributed by atoms with Gasteiger partial charge in [0.2, 0.25) is 17.7 Å². The molecule has 1 heterocycles. The molecule has 0 aliphatic carbocycles. The summed E-state index contributed by atoms with van der Waals surface area (Å²) in [6, 6.07) is -1.80. The lowest BCUT2D eigenvalue weighted by Gasteiger charge is -2.45. The van der Waals surface area contributed by atoms with Gasteiger partial charge in [-0.1, -0.05) is 416 Å². The van der Waals surface area contributed by atoms with Gasteiger partial charge in [-0.3, -0.25) is 38.1 Å². The van der Waals surface area contributed by atoms with Gasteiger partial charge >= 0.3 is 25.7 Å². The molecule has 0 spiro atoms. The summed E-state index contributed by atoms with van der Waals surface area (Å²) in [5.74, 6) is -2.63. The molecule has 0 bridgehead atoms. The maximum absolute atomic E-state index is 14.9. The summed E-state index contributed by atoms with van der Waals surface area (Å²) in [7, 11) is -5.44. The van der Waals surface area contributed by atoms with Crippen LogP contribution < -0.4 is 16.1 Å². The number of phosphoric acid groups is 1. The van der Waals surface area contributed by atoms with Gasteiger partial charge in [0, 0.05) is 31.9 Å². The number of phosphoric ester groups is 1. The number of carbonyl (C=O) groups is 6. The summed E-state index contributed by atoms with van der Waals surface area (Å²) < 4.78 is 49.7. The molecule has 0 aromatic rings. The molecule has 1 rings (SSSR count). The highest BCUT2D eigenvalue weighted by molar-refractivity contribution is 7.46. The fraction of sp³-hybridized carbons (Fsp3) is 0.941. The molecule has 0 radical (unpaired) electrons. The number of aliphatic hydroxyl groups excluding tert-OH is 1. The monoisotopic (exact) mass is 1780 g/mol. The Morgan fingerprint density at radius 2 is 0.637 bits per heavy atom. The quantitative estimate of drug-likeness (QED) is 0.0108. The van der Waals surface area contributed by atoms with Crippen LogP contribution in [0.3, 0.4) is 0 Å². The lowest BCUT2D eigenvalue weighted by atomic mass is 9.96. The number of hydrogen-bond donors (Lipinski definition) is 6. The molecular weight excluding hydrogens is 1580 g/mol. The first-order valence-electron chi connectivity index (χ1n) is 52.8. The molecule has 1 aliphatic heterocycles. The van der Waals surface area contributed by atoms with Gasteiger partial charge in [0.1, 0.15) is 42.7 Å². The number of unbranched alkanes of at least 4 members (excludes halogenated alkanes) is 54. The van der Waals surface area contributed by atoms with E-state index < -0.39 is 87.1 Å². The van der Waals surface area contributed by atoms with Crippen LogP contribution in [0.5, 0.6) is 0 Å². The Hall–Kier alpha value is -3.27. The van der Waals surface area contributed by atoms with E-state index in [0.29, 0.717) is 70.6 Å². The van der Waals surface area contributed by atoms with Crippen molar-refractivity contribution in [1.29, 1.82) is 0 Å². The van der Waals surface area contributed by atoms with Gasteiger partial charge < -0.3 is 54.1 Å². The Morgan fingerprint density at radius 1 is 0.355 bits per heavy atom. The van der Waals surface area contributed by atoms with Crippen LogP contribution in [0.25, 0.3) is 0 Å². The number of rotatable bonds is 91. The zero-order chi connectivity index (χ0) is 91.3. The van der Waals surface area contributed by atoms with Crippen LogP contribution in [0.2, 0.25) is 0 Å². The number of nitrogens with one attached hydrogen (secondary N) is 3. The van der Waals surface area contributed by atoms with E-state index in [9.17, 15) is 48.2 Å². The van der Waals surface area contributed by atoms with Crippen molar-refractivity contribution in [2.24, 2.45) is 0 Å². The van der Waals surface area contributed by atoms with Crippen molar-refractivity contribution in [1.82, 2.24) is 21.0 Å². The fourth-order valence-corrected chi connectivity index (χ4v) is 17.4. The smallest absolute Gasteiger partial charge is 0.462 e. The van der Waals surface area contributed by atoms with Gasteiger partial charge in [-0.15, -0.1) is 0 Å². The van der Waals surface area contributed by atoms with Crippen molar-refractivity contribution in [2.45, 2.75) is 587 Å². The van der Waals surface area contributed by atoms with Crippen LogP contribution >= 0.6 is 7.82 Å². The van der Waals surface area contributed by atoms with Crippen molar-refractivity contribution in [2.75, 3.05) is 32.8 Å². The Kier molecular flexibility index (Phi) is 86.6. The standard InChI is InChI=1S/C96H184N3O17P.C6H15N/c1-8-15-21-27-33-39-42-48-54-60-66-74-90(104)111-83(71-63-57-51-45-36-30-24-18-11-4)78-87(101)97-82(14-7)70-69-77-110-96-93(98-88(102)79-84(72-64-58-52-46-37-31-25-19-12-5)112-91(105)75-67-61-55-49-43-40-34-28-22-16-9-2)95(94(86(81-100)114-96)116-117(107,108)109)115-99-89(103)80-85(73-65-59-53-47-38-32-26-20-13-6)113-92(106)76-68-62-56-50-44-41-35-29-23-17-10-3;1-4-7(5-2)6-3/h82-86,93-96,100H,8-81H2,1-7H3,(H,97,101)(H,98,102)(H,99,103)(H2,107,108,109);4-6H2,1-3H3/t82?,83-,84-,85-,86-,93+,94-,95-,96+;/m1./s1. The van der Waals surface area contributed by atoms with E-state index in [1.54, 1.807) is 0 Å². The topological polar surface area (TPSA) is 284 Å².